The number of benzene rings is 1. The molecule has 1 aromatic rings. The van der Waals surface area contributed by atoms with E-state index in [1.807, 2.05) is 0 Å². The minimum atomic E-state index is -1.05. The molecule has 0 aromatic heterocycles. The number of carboxylic acid groups (broad SMARTS) is 1. The van der Waals surface area contributed by atoms with E-state index in [0.29, 0.717) is 30.4 Å². The van der Waals surface area contributed by atoms with Crippen molar-refractivity contribution in [3.63, 3.8) is 0 Å². The van der Waals surface area contributed by atoms with Gasteiger partial charge in [-0.2, -0.15) is 0 Å². The fourth-order valence-electron chi connectivity index (χ4n) is 1.96. The van der Waals surface area contributed by atoms with Crippen LogP contribution in [-0.2, 0) is 9.53 Å². The van der Waals surface area contributed by atoms with Gasteiger partial charge in [0.1, 0.15) is 5.75 Å². The lowest BCUT2D eigenvalue weighted by Gasteiger charge is -2.10. The van der Waals surface area contributed by atoms with Crippen molar-refractivity contribution in [2.75, 3.05) is 26.4 Å². The molecule has 0 aliphatic carbocycles. The van der Waals surface area contributed by atoms with Crippen LogP contribution in [0.15, 0.2) is 24.3 Å². The summed E-state index contributed by atoms with van der Waals surface area (Å²) in [7, 11) is 0. The third-order valence-corrected chi connectivity index (χ3v) is 3.03. The second-order valence-corrected chi connectivity index (χ2v) is 4.65. The Hall–Kier alpha value is -2.08. The zero-order valence-electron chi connectivity index (χ0n) is 11.0. The number of hydrogen-bond donors (Lipinski definition) is 2. The lowest BCUT2D eigenvalue weighted by Crippen LogP contribution is -2.29. The predicted octanol–water partition coefficient (Wildman–Crippen LogP) is 0.916. The molecule has 1 aromatic carbocycles. The fraction of sp³-hybridized carbons (Fsp3) is 0.429. The number of nitrogens with one attached hydrogen (secondary N) is 1. The van der Waals surface area contributed by atoms with E-state index in [4.69, 9.17) is 14.6 Å². The summed E-state index contributed by atoms with van der Waals surface area (Å²) >= 11 is 0. The van der Waals surface area contributed by atoms with E-state index in [1.165, 1.54) is 6.07 Å². The van der Waals surface area contributed by atoms with Gasteiger partial charge in [0.05, 0.1) is 6.61 Å². The lowest BCUT2D eigenvalue weighted by atomic mass is 10.1. The Balaban J connectivity index is 1.88. The number of carboxylic acids is 1. The number of amides is 1. The molecule has 6 nitrogen and oxygen atoms in total. The molecule has 6 heteroatoms. The Morgan fingerprint density at radius 1 is 1.45 bits per heavy atom. The molecular weight excluding hydrogens is 262 g/mol. The molecule has 2 rings (SSSR count). The first-order valence-corrected chi connectivity index (χ1v) is 6.46. The first kappa shape index (κ1) is 14.3. The van der Waals surface area contributed by atoms with Crippen LogP contribution in [0.2, 0.25) is 0 Å². The first-order chi connectivity index (χ1) is 9.65. The Kier molecular flexibility index (Phi) is 4.95. The van der Waals surface area contributed by atoms with E-state index in [0.717, 1.165) is 13.0 Å². The van der Waals surface area contributed by atoms with Crippen molar-refractivity contribution < 1.29 is 24.2 Å². The van der Waals surface area contributed by atoms with E-state index in [-0.39, 0.29) is 5.91 Å². The number of carbonyl (C=O) groups is 2. The van der Waals surface area contributed by atoms with Crippen LogP contribution in [0.5, 0.6) is 5.75 Å². The van der Waals surface area contributed by atoms with Crippen LogP contribution in [0.25, 0.3) is 0 Å². The number of carbonyl (C=O) groups excluding carboxylic acids is 1. The van der Waals surface area contributed by atoms with Crippen molar-refractivity contribution in [1.29, 1.82) is 0 Å². The third-order valence-electron chi connectivity index (χ3n) is 3.03. The van der Waals surface area contributed by atoms with Gasteiger partial charge in [-0.1, -0.05) is 6.07 Å². The van der Waals surface area contributed by atoms with Crippen LogP contribution in [-0.4, -0.2) is 43.3 Å². The quantitative estimate of drug-likeness (QED) is 0.808. The van der Waals surface area contributed by atoms with Gasteiger partial charge in [-0.3, -0.25) is 4.79 Å². The van der Waals surface area contributed by atoms with Crippen molar-refractivity contribution in [2.45, 2.75) is 6.42 Å². The zero-order valence-corrected chi connectivity index (χ0v) is 11.0. The molecule has 1 aliphatic heterocycles. The SMILES string of the molecule is O=C(O)COc1cccc(C(=O)NCC2CCOC2)c1. The molecule has 1 unspecified atom stereocenters. The van der Waals surface area contributed by atoms with Gasteiger partial charge < -0.3 is 19.9 Å². The average molecular weight is 279 g/mol. The maximum Gasteiger partial charge on any atom is 0.341 e. The molecule has 1 amide bonds. The zero-order chi connectivity index (χ0) is 14.4. The lowest BCUT2D eigenvalue weighted by molar-refractivity contribution is -0.139. The molecule has 1 fully saturated rings. The van der Waals surface area contributed by atoms with Crippen molar-refractivity contribution in [3.8, 4) is 5.75 Å². The molecule has 0 radical (unpaired) electrons. The van der Waals surface area contributed by atoms with Crippen LogP contribution in [0, 0.1) is 5.92 Å². The smallest absolute Gasteiger partial charge is 0.341 e. The average Bonchev–Trinajstić information content (AvgIpc) is 2.96. The van der Waals surface area contributed by atoms with Crippen molar-refractivity contribution in [3.05, 3.63) is 29.8 Å². The molecule has 1 saturated heterocycles. The highest BCUT2D eigenvalue weighted by Gasteiger charge is 2.16. The molecule has 0 bridgehead atoms. The molecule has 1 aliphatic rings. The number of hydrogen-bond acceptors (Lipinski definition) is 4. The minimum absolute atomic E-state index is 0.197. The summed E-state index contributed by atoms with van der Waals surface area (Å²) < 4.78 is 10.3. The molecular formula is C14H17NO5. The topological polar surface area (TPSA) is 84.9 Å². The second-order valence-electron chi connectivity index (χ2n) is 4.65. The summed E-state index contributed by atoms with van der Waals surface area (Å²) in [5.74, 6) is -0.520. The summed E-state index contributed by atoms with van der Waals surface area (Å²) in [6.45, 7) is 1.59. The third kappa shape index (κ3) is 4.24. The summed E-state index contributed by atoms with van der Waals surface area (Å²) in [5, 5.41) is 11.4. The minimum Gasteiger partial charge on any atom is -0.482 e. The van der Waals surface area contributed by atoms with Gasteiger partial charge in [0, 0.05) is 24.6 Å². The van der Waals surface area contributed by atoms with Gasteiger partial charge in [-0.15, -0.1) is 0 Å². The van der Waals surface area contributed by atoms with Crippen LogP contribution >= 0.6 is 0 Å². The number of aliphatic carboxylic acids is 1. The summed E-state index contributed by atoms with van der Waals surface area (Å²) in [5.41, 5.74) is 0.451. The maximum atomic E-state index is 12.0. The first-order valence-electron chi connectivity index (χ1n) is 6.46. The van der Waals surface area contributed by atoms with Crippen molar-refractivity contribution in [1.82, 2.24) is 5.32 Å². The normalized spacial score (nSPS) is 17.7. The summed E-state index contributed by atoms with van der Waals surface area (Å²) in [6.07, 6.45) is 0.960. The Bertz CT molecular complexity index is 482. The highest BCUT2D eigenvalue weighted by molar-refractivity contribution is 5.94. The molecule has 108 valence electrons. The van der Waals surface area contributed by atoms with Gasteiger partial charge in [-0.25, -0.2) is 4.79 Å². The van der Waals surface area contributed by atoms with E-state index in [1.54, 1.807) is 18.2 Å². The van der Waals surface area contributed by atoms with Crippen molar-refractivity contribution >= 4 is 11.9 Å². The van der Waals surface area contributed by atoms with E-state index < -0.39 is 12.6 Å². The Labute approximate surface area is 116 Å². The van der Waals surface area contributed by atoms with Crippen molar-refractivity contribution in [2.24, 2.45) is 5.92 Å². The maximum absolute atomic E-state index is 12.0. The van der Waals surface area contributed by atoms with Gasteiger partial charge in [0.2, 0.25) is 0 Å². The molecule has 0 saturated carbocycles. The van der Waals surface area contributed by atoms with E-state index in [9.17, 15) is 9.59 Å². The van der Waals surface area contributed by atoms with Crippen LogP contribution < -0.4 is 10.1 Å². The van der Waals surface area contributed by atoms with Gasteiger partial charge in [-0.05, 0) is 24.6 Å². The summed E-state index contributed by atoms with van der Waals surface area (Å²) in [4.78, 5) is 22.4. The number of ether oxygens (including phenoxy) is 2. The highest BCUT2D eigenvalue weighted by atomic mass is 16.5. The largest absolute Gasteiger partial charge is 0.482 e. The number of rotatable bonds is 6. The van der Waals surface area contributed by atoms with E-state index >= 15 is 0 Å². The fourth-order valence-corrected chi connectivity index (χ4v) is 1.96. The Morgan fingerprint density at radius 3 is 3.00 bits per heavy atom. The molecule has 0 spiro atoms. The van der Waals surface area contributed by atoms with Gasteiger partial charge in [0.15, 0.2) is 6.61 Å². The van der Waals surface area contributed by atoms with Gasteiger partial charge in [0.25, 0.3) is 5.91 Å². The Morgan fingerprint density at radius 2 is 2.30 bits per heavy atom. The van der Waals surface area contributed by atoms with E-state index in [2.05, 4.69) is 5.32 Å². The van der Waals surface area contributed by atoms with Crippen LogP contribution in [0.4, 0.5) is 0 Å². The molecule has 1 atom stereocenters. The highest BCUT2D eigenvalue weighted by Crippen LogP contribution is 2.14. The second kappa shape index (κ2) is 6.91. The standard InChI is InChI=1S/C14H17NO5/c16-13(17)9-20-12-3-1-2-11(6-12)14(18)15-7-10-4-5-19-8-10/h1-3,6,10H,4-5,7-9H2,(H,15,18)(H,16,17). The van der Waals surface area contributed by atoms with Crippen LogP contribution in [0.3, 0.4) is 0 Å². The van der Waals surface area contributed by atoms with Crippen LogP contribution in [0.1, 0.15) is 16.8 Å². The predicted molar refractivity (Wildman–Crippen MR) is 70.8 cm³/mol. The molecule has 20 heavy (non-hydrogen) atoms. The van der Waals surface area contributed by atoms with Gasteiger partial charge >= 0.3 is 5.97 Å². The molecule has 1 heterocycles. The summed E-state index contributed by atoms with van der Waals surface area (Å²) in [6, 6.07) is 6.47. The monoisotopic (exact) mass is 279 g/mol. The molecule has 2 N–H and O–H groups in total.